The topological polar surface area (TPSA) is 0 Å². The van der Waals surface area contributed by atoms with Crippen molar-refractivity contribution >= 4 is 68.6 Å². The van der Waals surface area contributed by atoms with E-state index in [1.54, 1.807) is 0 Å². The van der Waals surface area contributed by atoms with Gasteiger partial charge in [-0.3, -0.25) is 12.9 Å². The van der Waals surface area contributed by atoms with Gasteiger partial charge in [0.05, 0.1) is 0 Å². The van der Waals surface area contributed by atoms with E-state index < -0.39 is 7.54 Å². The Labute approximate surface area is 149 Å². The van der Waals surface area contributed by atoms with E-state index in [1.165, 1.54) is 0 Å². The summed E-state index contributed by atoms with van der Waals surface area (Å²) in [7, 11) is -3.67. The van der Waals surface area contributed by atoms with E-state index in [2.05, 4.69) is 61.0 Å². The third-order valence-corrected chi connectivity index (χ3v) is 1.11. The molecule has 0 fully saturated rings. The van der Waals surface area contributed by atoms with Crippen LogP contribution in [0.25, 0.3) is 0 Å². The quantitative estimate of drug-likeness (QED) is 0.177. The molecule has 0 heterocycles. The van der Waals surface area contributed by atoms with E-state index in [1.807, 2.05) is 60.7 Å². The molecule has 0 saturated carbocycles. The standard InChI is InChI=1S/2C5H5.BF3.FH.Fe.3HI/c2*1-2-4-5-3-1;2-1(3)4;;;;;/h2*1-5H;;1H;;3*1H/q-5;-1;;;+3;;;/p-4. The van der Waals surface area contributed by atoms with Gasteiger partial charge in [0.1, 0.15) is 0 Å². The molecular formula is C10H10BF4FeI3-7. The fourth-order valence-corrected chi connectivity index (χ4v) is 0.642. The first kappa shape index (κ1) is 25.2. The average molecular weight is 654 g/mol. The molecule has 19 heavy (non-hydrogen) atoms. The van der Waals surface area contributed by atoms with Crippen molar-refractivity contribution in [3.63, 3.8) is 0 Å². The summed E-state index contributed by atoms with van der Waals surface area (Å²) < 4.78 is 29.2. The predicted octanol–water partition coefficient (Wildman–Crippen LogP) is 3.35. The van der Waals surface area contributed by atoms with Crippen molar-refractivity contribution in [2.45, 2.75) is 0 Å². The largest absolute Gasteiger partial charge is 0.748 e. The van der Waals surface area contributed by atoms with Crippen molar-refractivity contribution in [2.75, 3.05) is 0 Å². The van der Waals surface area contributed by atoms with Gasteiger partial charge in [-0.2, -0.15) is 18.2 Å². The molecule has 0 bridgehead atoms. The summed E-state index contributed by atoms with van der Waals surface area (Å²) in [5.74, 6) is 0. The number of hydrogen-bond acceptors (Lipinski definition) is 0. The van der Waals surface area contributed by atoms with Crippen LogP contribution >= 0.6 is 61.0 Å². The summed E-state index contributed by atoms with van der Waals surface area (Å²) in [5, 5.41) is 0. The second-order valence-corrected chi connectivity index (χ2v) is 30.3. The molecule has 0 spiro atoms. The minimum Gasteiger partial charge on any atom is -0.748 e. The van der Waals surface area contributed by atoms with Crippen LogP contribution in [0.3, 0.4) is 0 Å². The molecule has 0 unspecified atom stereocenters. The Bertz CT molecular complexity index is 234. The molecule has 0 aliphatic heterocycles. The maximum atomic E-state index is 9.67. The van der Waals surface area contributed by atoms with Crippen LogP contribution < -0.4 is 4.70 Å². The molecule has 0 aliphatic carbocycles. The van der Waals surface area contributed by atoms with Crippen molar-refractivity contribution in [1.82, 2.24) is 0 Å². The molecule has 0 N–H and O–H groups in total. The van der Waals surface area contributed by atoms with E-state index in [-0.39, 0.29) is 8.86 Å². The predicted molar refractivity (Wildman–Crippen MR) is 95.2 cm³/mol. The van der Waals surface area contributed by atoms with Gasteiger partial charge in [0.2, 0.25) is 0 Å². The van der Waals surface area contributed by atoms with Crippen molar-refractivity contribution in [2.24, 2.45) is 0 Å². The smallest absolute Gasteiger partial charge is 0.172 e. The summed E-state index contributed by atoms with van der Waals surface area (Å²) in [6.45, 7) is 0. The minimum atomic E-state index is -3.67. The zero-order chi connectivity index (χ0) is 14.2. The zero-order valence-corrected chi connectivity index (χ0v) is 16.9. The van der Waals surface area contributed by atoms with Crippen LogP contribution in [0.2, 0.25) is 0 Å². The molecule has 0 aromatic heterocycles. The fraction of sp³-hybridized carbons (Fsp3) is 0. The maximum absolute atomic E-state index is 9.67. The Hall–Kier alpha value is 1.19. The number of halogens is 7. The van der Waals surface area contributed by atoms with Crippen LogP contribution in [0.15, 0.2) is 60.7 Å². The molecule has 0 radical (unpaired) electrons. The zero-order valence-electron chi connectivity index (χ0n) is 9.35. The van der Waals surface area contributed by atoms with Crippen LogP contribution in [0.1, 0.15) is 0 Å². The van der Waals surface area contributed by atoms with E-state index >= 15 is 0 Å². The van der Waals surface area contributed by atoms with Gasteiger partial charge in [-0.25, -0.2) is 12.1 Å². The molecule has 0 nitrogen and oxygen atoms in total. The molecule has 9 heteroatoms. The van der Waals surface area contributed by atoms with Crippen molar-refractivity contribution < 1.29 is 21.8 Å². The fourth-order valence-electron chi connectivity index (χ4n) is 0.642. The summed E-state index contributed by atoms with van der Waals surface area (Å²) in [4.78, 5) is 0. The van der Waals surface area contributed by atoms with Crippen LogP contribution in [0.4, 0.5) is 12.9 Å². The van der Waals surface area contributed by atoms with E-state index in [9.17, 15) is 12.9 Å². The normalized spacial score (nSPS) is 8.00. The maximum Gasteiger partial charge on any atom is -0.172 e. The third-order valence-electron chi connectivity index (χ3n) is 1.11. The molecule has 2 aromatic rings. The van der Waals surface area contributed by atoms with Crippen LogP contribution in [0.5, 0.6) is 0 Å². The van der Waals surface area contributed by atoms with Gasteiger partial charge in [-0.05, 0) is 0 Å². The van der Waals surface area contributed by atoms with Crippen LogP contribution in [-0.2, 0) is 4.15 Å². The average Bonchev–Trinajstić information content (AvgIpc) is 2.96. The Balaban J connectivity index is -0.000000178. The molecule has 117 valence electrons. The Kier molecular flexibility index (Phi) is 28.5. The SMILES string of the molecule is FB(F)F.[F-].[I][Fe]([I])[I].[cH-]1[cH-][cH-][cH-][cH-]1.c1cc[cH-]c1. The second-order valence-electron chi connectivity index (χ2n) is 2.32. The molecule has 2 rings (SSSR count). The summed E-state index contributed by atoms with van der Waals surface area (Å²) in [6.07, 6.45) is 0. The molecule has 0 saturated heterocycles. The Morgan fingerprint density at radius 3 is 1.11 bits per heavy atom. The molecular weight excluding hydrogens is 643 g/mol. The summed E-state index contributed by atoms with van der Waals surface area (Å²) in [6, 6.07) is 20.0. The summed E-state index contributed by atoms with van der Waals surface area (Å²) >= 11 is 7.20. The Morgan fingerprint density at radius 2 is 1.00 bits per heavy atom. The van der Waals surface area contributed by atoms with E-state index in [0.717, 1.165) is 0 Å². The molecule has 0 atom stereocenters. The van der Waals surface area contributed by atoms with Crippen LogP contribution in [0, 0.1) is 0 Å². The van der Waals surface area contributed by atoms with Crippen molar-refractivity contribution in [3.05, 3.63) is 60.7 Å². The second kappa shape index (κ2) is 21.5. The van der Waals surface area contributed by atoms with Crippen molar-refractivity contribution in [3.8, 4) is 0 Å². The number of hydrogen-bond donors (Lipinski definition) is 0. The Morgan fingerprint density at radius 1 is 0.789 bits per heavy atom. The van der Waals surface area contributed by atoms with Gasteiger partial charge in [0.25, 0.3) is 0 Å². The van der Waals surface area contributed by atoms with Gasteiger partial charge in [-0.1, -0.05) is 0 Å². The third kappa shape index (κ3) is 45.3. The van der Waals surface area contributed by atoms with Gasteiger partial charge in [0.15, 0.2) is 0 Å². The van der Waals surface area contributed by atoms with Gasteiger partial charge >= 0.3 is 72.7 Å². The van der Waals surface area contributed by atoms with E-state index in [0.29, 0.717) is 0 Å². The van der Waals surface area contributed by atoms with Crippen LogP contribution in [-0.4, -0.2) is 7.54 Å². The summed E-state index contributed by atoms with van der Waals surface area (Å²) in [5.41, 5.74) is 0. The molecule has 2 aromatic carbocycles. The molecule has 0 amide bonds. The van der Waals surface area contributed by atoms with Gasteiger partial charge in [0, 0.05) is 0 Å². The monoisotopic (exact) mass is 654 g/mol. The molecule has 0 aliphatic rings. The minimum absolute atomic E-state index is 0. The van der Waals surface area contributed by atoms with Crippen molar-refractivity contribution in [1.29, 1.82) is 0 Å². The first-order valence-electron chi connectivity index (χ1n) is 4.39. The first-order chi connectivity index (χ1) is 8.46. The van der Waals surface area contributed by atoms with E-state index in [4.69, 9.17) is 0 Å². The first-order valence-corrected chi connectivity index (χ1v) is 15.1. The van der Waals surface area contributed by atoms with Gasteiger partial charge < -0.3 is 35.0 Å². The number of rotatable bonds is 0. The van der Waals surface area contributed by atoms with Gasteiger partial charge in [-0.15, -0.1) is 0 Å².